The van der Waals surface area contributed by atoms with Crippen LogP contribution in [-0.4, -0.2) is 16.8 Å². The molecule has 2 aromatic rings. The van der Waals surface area contributed by atoms with Gasteiger partial charge in [0.1, 0.15) is 11.5 Å². The minimum absolute atomic E-state index is 0.104. The van der Waals surface area contributed by atoms with Gasteiger partial charge in [-0.3, -0.25) is 14.6 Å². The zero-order valence-electron chi connectivity index (χ0n) is 9.43. The van der Waals surface area contributed by atoms with Crippen LogP contribution in [0.1, 0.15) is 20.8 Å². The molecule has 0 fully saturated rings. The van der Waals surface area contributed by atoms with E-state index in [-0.39, 0.29) is 20.5 Å². The van der Waals surface area contributed by atoms with Gasteiger partial charge in [0.15, 0.2) is 0 Å². The SMILES string of the molecule is O=C1c2cccnc2C(=O)N1c1cccc(F)c1I. The van der Waals surface area contributed by atoms with E-state index in [0.29, 0.717) is 0 Å². The van der Waals surface area contributed by atoms with Crippen molar-refractivity contribution >= 4 is 40.1 Å². The molecular formula is C13H6FIN2O2. The quantitative estimate of drug-likeness (QED) is 0.575. The van der Waals surface area contributed by atoms with E-state index < -0.39 is 17.6 Å². The lowest BCUT2D eigenvalue weighted by Gasteiger charge is -2.15. The van der Waals surface area contributed by atoms with Crippen molar-refractivity contribution in [2.24, 2.45) is 0 Å². The lowest BCUT2D eigenvalue weighted by molar-refractivity contribution is 0.0924. The lowest BCUT2D eigenvalue weighted by Crippen LogP contribution is -2.30. The van der Waals surface area contributed by atoms with Crippen molar-refractivity contribution in [3.8, 4) is 0 Å². The first-order valence-corrected chi connectivity index (χ1v) is 6.47. The summed E-state index contributed by atoms with van der Waals surface area (Å²) in [6, 6.07) is 7.40. The molecule has 1 aliphatic heterocycles. The molecule has 3 rings (SSSR count). The molecule has 0 atom stereocenters. The van der Waals surface area contributed by atoms with Crippen molar-refractivity contribution in [1.82, 2.24) is 4.98 Å². The van der Waals surface area contributed by atoms with Crippen molar-refractivity contribution in [1.29, 1.82) is 0 Å². The number of halogens is 2. The highest BCUT2D eigenvalue weighted by Crippen LogP contribution is 2.31. The van der Waals surface area contributed by atoms with Crippen LogP contribution in [0.15, 0.2) is 36.5 Å². The van der Waals surface area contributed by atoms with Gasteiger partial charge in [0.25, 0.3) is 11.8 Å². The number of carbonyl (C=O) groups is 2. The van der Waals surface area contributed by atoms with Crippen LogP contribution in [0.2, 0.25) is 0 Å². The van der Waals surface area contributed by atoms with Crippen molar-refractivity contribution in [2.75, 3.05) is 4.90 Å². The predicted molar refractivity (Wildman–Crippen MR) is 74.5 cm³/mol. The molecule has 0 unspecified atom stereocenters. The van der Waals surface area contributed by atoms with Gasteiger partial charge in [-0.25, -0.2) is 9.29 Å². The fraction of sp³-hybridized carbons (Fsp3) is 0. The molecule has 0 spiro atoms. The summed E-state index contributed by atoms with van der Waals surface area (Å²) in [5.41, 5.74) is 0.591. The molecule has 2 amide bonds. The van der Waals surface area contributed by atoms with Gasteiger partial charge in [-0.1, -0.05) is 6.07 Å². The monoisotopic (exact) mass is 368 g/mol. The first-order chi connectivity index (χ1) is 9.11. The average molecular weight is 368 g/mol. The molecule has 2 heterocycles. The highest BCUT2D eigenvalue weighted by molar-refractivity contribution is 14.1. The van der Waals surface area contributed by atoms with Crippen LogP contribution in [0.25, 0.3) is 0 Å². The van der Waals surface area contributed by atoms with Crippen LogP contribution in [0.5, 0.6) is 0 Å². The molecule has 0 bridgehead atoms. The summed E-state index contributed by atoms with van der Waals surface area (Å²) in [6.45, 7) is 0. The Labute approximate surface area is 121 Å². The smallest absolute Gasteiger partial charge is 0.268 e. The molecule has 94 valence electrons. The Hall–Kier alpha value is -1.83. The second-order valence-corrected chi connectivity index (χ2v) is 5.00. The minimum Gasteiger partial charge on any atom is -0.268 e. The zero-order valence-corrected chi connectivity index (χ0v) is 11.6. The van der Waals surface area contributed by atoms with E-state index in [2.05, 4.69) is 4.98 Å². The maximum Gasteiger partial charge on any atom is 0.284 e. The lowest BCUT2D eigenvalue weighted by atomic mass is 10.2. The number of anilines is 1. The van der Waals surface area contributed by atoms with Gasteiger partial charge in [-0.15, -0.1) is 0 Å². The number of rotatable bonds is 1. The van der Waals surface area contributed by atoms with Crippen molar-refractivity contribution in [2.45, 2.75) is 0 Å². The van der Waals surface area contributed by atoms with Crippen LogP contribution in [0.3, 0.4) is 0 Å². The van der Waals surface area contributed by atoms with Crippen molar-refractivity contribution in [3.05, 3.63) is 57.2 Å². The summed E-state index contributed by atoms with van der Waals surface area (Å²) in [5.74, 6) is -1.47. The number of amides is 2. The van der Waals surface area contributed by atoms with Gasteiger partial charge in [0.05, 0.1) is 14.8 Å². The topological polar surface area (TPSA) is 50.3 Å². The standard InChI is InChI=1S/C13H6FIN2O2/c14-8-4-1-5-9(10(8)15)17-12(18)7-3-2-6-16-11(7)13(17)19/h1-6H. The van der Waals surface area contributed by atoms with Crippen molar-refractivity contribution in [3.63, 3.8) is 0 Å². The molecule has 0 saturated carbocycles. The molecule has 6 heteroatoms. The number of imide groups is 1. The summed E-state index contributed by atoms with van der Waals surface area (Å²) in [6.07, 6.45) is 1.45. The third-order valence-electron chi connectivity index (χ3n) is 2.82. The van der Waals surface area contributed by atoms with Gasteiger partial charge in [0.2, 0.25) is 0 Å². The van der Waals surface area contributed by atoms with E-state index in [4.69, 9.17) is 0 Å². The maximum absolute atomic E-state index is 13.5. The molecule has 19 heavy (non-hydrogen) atoms. The molecule has 4 nitrogen and oxygen atoms in total. The van der Waals surface area contributed by atoms with E-state index in [1.807, 2.05) is 0 Å². The van der Waals surface area contributed by atoms with Gasteiger partial charge in [-0.2, -0.15) is 0 Å². The molecule has 0 saturated heterocycles. The molecule has 0 radical (unpaired) electrons. The minimum atomic E-state index is -0.524. The van der Waals surface area contributed by atoms with Gasteiger partial charge in [-0.05, 0) is 46.9 Å². The number of carbonyl (C=O) groups excluding carboxylic acids is 2. The second kappa shape index (κ2) is 4.37. The largest absolute Gasteiger partial charge is 0.284 e. The molecular weight excluding hydrogens is 362 g/mol. The number of hydrogen-bond acceptors (Lipinski definition) is 3. The third kappa shape index (κ3) is 1.74. The number of aromatic nitrogens is 1. The molecule has 1 aromatic carbocycles. The Balaban J connectivity index is 2.17. The second-order valence-electron chi connectivity index (χ2n) is 3.92. The summed E-state index contributed by atoms with van der Waals surface area (Å²) in [5, 5.41) is 0. The number of fused-ring (bicyclic) bond motifs is 1. The Morgan fingerprint density at radius 1 is 1.11 bits per heavy atom. The number of pyridine rings is 1. The van der Waals surface area contributed by atoms with Gasteiger partial charge < -0.3 is 0 Å². The molecule has 1 aliphatic rings. The number of nitrogens with zero attached hydrogens (tertiary/aromatic N) is 2. The zero-order chi connectivity index (χ0) is 13.6. The third-order valence-corrected chi connectivity index (χ3v) is 3.89. The highest BCUT2D eigenvalue weighted by atomic mass is 127. The highest BCUT2D eigenvalue weighted by Gasteiger charge is 2.38. The Morgan fingerprint density at radius 2 is 1.89 bits per heavy atom. The van der Waals surface area contributed by atoms with Crippen LogP contribution in [0, 0.1) is 9.39 Å². The normalized spacial score (nSPS) is 13.9. The fourth-order valence-corrected chi connectivity index (χ4v) is 2.55. The van der Waals surface area contributed by atoms with Gasteiger partial charge >= 0.3 is 0 Å². The number of benzene rings is 1. The maximum atomic E-state index is 13.5. The number of hydrogen-bond donors (Lipinski definition) is 0. The molecule has 0 aliphatic carbocycles. The van der Waals surface area contributed by atoms with E-state index in [1.54, 1.807) is 28.7 Å². The Kier molecular flexibility index (Phi) is 2.81. The van der Waals surface area contributed by atoms with Crippen LogP contribution < -0.4 is 4.90 Å². The van der Waals surface area contributed by atoms with E-state index in [9.17, 15) is 14.0 Å². The Bertz CT molecular complexity index is 683. The van der Waals surface area contributed by atoms with Crippen LogP contribution in [0.4, 0.5) is 10.1 Å². The summed E-state index contributed by atoms with van der Waals surface area (Å²) in [7, 11) is 0. The first kappa shape index (κ1) is 12.2. The summed E-state index contributed by atoms with van der Waals surface area (Å²) in [4.78, 5) is 29.3. The van der Waals surface area contributed by atoms with E-state index >= 15 is 0 Å². The summed E-state index contributed by atoms with van der Waals surface area (Å²) < 4.78 is 13.8. The first-order valence-electron chi connectivity index (χ1n) is 5.39. The van der Waals surface area contributed by atoms with E-state index in [0.717, 1.165) is 4.90 Å². The van der Waals surface area contributed by atoms with E-state index in [1.165, 1.54) is 30.5 Å². The summed E-state index contributed by atoms with van der Waals surface area (Å²) >= 11 is 1.77. The fourth-order valence-electron chi connectivity index (χ4n) is 1.95. The molecule has 0 N–H and O–H groups in total. The van der Waals surface area contributed by atoms with Crippen LogP contribution >= 0.6 is 22.6 Å². The van der Waals surface area contributed by atoms with Crippen LogP contribution in [-0.2, 0) is 0 Å². The Morgan fingerprint density at radius 3 is 2.63 bits per heavy atom. The van der Waals surface area contributed by atoms with Crippen molar-refractivity contribution < 1.29 is 14.0 Å². The predicted octanol–water partition coefficient (Wildman–Crippen LogP) is 2.63. The van der Waals surface area contributed by atoms with Gasteiger partial charge in [0, 0.05) is 6.20 Å². The molecule has 1 aromatic heterocycles. The average Bonchev–Trinajstić information content (AvgIpc) is 2.67.